The van der Waals surface area contributed by atoms with Gasteiger partial charge in [0.25, 0.3) is 5.56 Å². The number of aliphatic imine (C=N–C) groups is 1. The molecule has 1 aromatic heterocycles. The van der Waals surface area contributed by atoms with Crippen LogP contribution in [0, 0.1) is 0 Å². The van der Waals surface area contributed by atoms with Crippen molar-refractivity contribution in [1.29, 1.82) is 0 Å². The minimum Gasteiger partial charge on any atom is -0.490 e. The van der Waals surface area contributed by atoms with Crippen molar-refractivity contribution in [3.05, 3.63) is 51.4 Å². The summed E-state index contributed by atoms with van der Waals surface area (Å²) in [5.74, 6) is 1.27. The Labute approximate surface area is 143 Å². The van der Waals surface area contributed by atoms with Crippen LogP contribution >= 0.6 is 0 Å². The summed E-state index contributed by atoms with van der Waals surface area (Å²) in [6.45, 7) is 1.88. The molecule has 0 radical (unpaired) electrons. The third-order valence-corrected chi connectivity index (χ3v) is 4.26. The van der Waals surface area contributed by atoms with Gasteiger partial charge in [-0.3, -0.25) is 14.6 Å². The zero-order valence-electron chi connectivity index (χ0n) is 13.6. The number of aromatic amines is 1. The Morgan fingerprint density at radius 3 is 2.72 bits per heavy atom. The van der Waals surface area contributed by atoms with E-state index in [2.05, 4.69) is 15.2 Å². The van der Waals surface area contributed by atoms with Crippen LogP contribution in [0.2, 0.25) is 0 Å². The number of hydrogen-bond acceptors (Lipinski definition) is 6. The number of fused-ring (bicyclic) bond motifs is 2. The molecule has 1 aromatic carbocycles. The second kappa shape index (κ2) is 6.51. The van der Waals surface area contributed by atoms with Crippen LogP contribution in [0.15, 0.2) is 34.1 Å². The average Bonchev–Trinajstić information content (AvgIpc) is 2.85. The molecule has 0 saturated carbocycles. The van der Waals surface area contributed by atoms with E-state index in [0.29, 0.717) is 25.5 Å². The van der Waals surface area contributed by atoms with Crippen LogP contribution in [0.5, 0.6) is 11.5 Å². The molecule has 0 bridgehead atoms. The molecule has 7 heteroatoms. The Bertz CT molecular complexity index is 897. The summed E-state index contributed by atoms with van der Waals surface area (Å²) in [5, 5.41) is 6.08. The number of aromatic nitrogens is 2. The van der Waals surface area contributed by atoms with Gasteiger partial charge in [0, 0.05) is 24.6 Å². The quantitative estimate of drug-likeness (QED) is 0.856. The van der Waals surface area contributed by atoms with Gasteiger partial charge < -0.3 is 9.47 Å². The van der Waals surface area contributed by atoms with Gasteiger partial charge in [0.1, 0.15) is 5.69 Å². The molecular weight excluding hydrogens is 322 g/mol. The van der Waals surface area contributed by atoms with Crippen molar-refractivity contribution < 1.29 is 14.3 Å². The van der Waals surface area contributed by atoms with Crippen molar-refractivity contribution in [2.24, 2.45) is 4.99 Å². The zero-order chi connectivity index (χ0) is 17.2. The van der Waals surface area contributed by atoms with Gasteiger partial charge in [0.15, 0.2) is 17.3 Å². The molecule has 2 aromatic rings. The van der Waals surface area contributed by atoms with Gasteiger partial charge in [-0.25, -0.2) is 5.10 Å². The van der Waals surface area contributed by atoms with Crippen molar-refractivity contribution >= 4 is 11.5 Å². The first-order chi connectivity index (χ1) is 12.2. The highest BCUT2D eigenvalue weighted by molar-refractivity contribution is 6.16. The number of Topliss-reactive ketones (excluding diaryl/α,β-unsaturated/α-hetero) is 1. The number of H-pyrrole nitrogens is 1. The predicted molar refractivity (Wildman–Crippen MR) is 91.0 cm³/mol. The fourth-order valence-corrected chi connectivity index (χ4v) is 3.02. The highest BCUT2D eigenvalue weighted by Crippen LogP contribution is 2.35. The molecule has 2 aliphatic rings. The monoisotopic (exact) mass is 339 g/mol. The third-order valence-electron chi connectivity index (χ3n) is 4.26. The molecule has 0 spiro atoms. The number of rotatable bonds is 3. The molecule has 0 atom stereocenters. The predicted octanol–water partition coefficient (Wildman–Crippen LogP) is 1.55. The maximum absolute atomic E-state index is 12.5. The van der Waals surface area contributed by atoms with Crippen molar-refractivity contribution in [2.75, 3.05) is 19.8 Å². The Hall–Kier alpha value is -2.96. The van der Waals surface area contributed by atoms with Gasteiger partial charge in [0.2, 0.25) is 0 Å². The smallest absolute Gasteiger partial charge is 0.264 e. The molecular formula is C18H17N3O4. The van der Waals surface area contributed by atoms with Crippen LogP contribution in [-0.2, 0) is 6.42 Å². The molecule has 0 saturated heterocycles. The van der Waals surface area contributed by atoms with Crippen LogP contribution < -0.4 is 15.0 Å². The molecule has 2 aliphatic heterocycles. The number of benzene rings is 1. The molecule has 0 aliphatic carbocycles. The largest absolute Gasteiger partial charge is 0.490 e. The van der Waals surface area contributed by atoms with E-state index in [1.165, 1.54) is 12.1 Å². The molecule has 25 heavy (non-hydrogen) atoms. The fourth-order valence-electron chi connectivity index (χ4n) is 3.02. The molecule has 3 heterocycles. The van der Waals surface area contributed by atoms with Gasteiger partial charge in [-0.15, -0.1) is 0 Å². The highest BCUT2D eigenvalue weighted by Gasteiger charge is 2.22. The van der Waals surface area contributed by atoms with Crippen molar-refractivity contribution in [3.63, 3.8) is 0 Å². The average molecular weight is 339 g/mol. The number of ether oxygens (including phenoxy) is 2. The van der Waals surface area contributed by atoms with Crippen LogP contribution in [0.3, 0.4) is 0 Å². The van der Waals surface area contributed by atoms with E-state index in [1.807, 2.05) is 12.1 Å². The summed E-state index contributed by atoms with van der Waals surface area (Å²) in [6.07, 6.45) is 1.78. The Kier molecular flexibility index (Phi) is 4.05. The van der Waals surface area contributed by atoms with Gasteiger partial charge in [-0.05, 0) is 30.2 Å². The molecule has 4 rings (SSSR count). The first-order valence-electron chi connectivity index (χ1n) is 8.26. The highest BCUT2D eigenvalue weighted by atomic mass is 16.5. The van der Waals surface area contributed by atoms with E-state index in [-0.39, 0.29) is 23.5 Å². The van der Waals surface area contributed by atoms with Crippen molar-refractivity contribution in [2.45, 2.75) is 19.3 Å². The summed E-state index contributed by atoms with van der Waals surface area (Å²) in [6, 6.07) is 6.64. The number of ketones is 1. The molecule has 0 fully saturated rings. The minimum atomic E-state index is -0.336. The lowest BCUT2D eigenvalue weighted by molar-refractivity contribution is 0.0995. The maximum Gasteiger partial charge on any atom is 0.264 e. The summed E-state index contributed by atoms with van der Waals surface area (Å²) < 4.78 is 11.5. The molecule has 7 nitrogen and oxygen atoms in total. The van der Waals surface area contributed by atoms with Crippen molar-refractivity contribution in [1.82, 2.24) is 10.2 Å². The van der Waals surface area contributed by atoms with Gasteiger partial charge in [-0.1, -0.05) is 0 Å². The van der Waals surface area contributed by atoms with Crippen LogP contribution in [-0.4, -0.2) is 41.5 Å². The Morgan fingerprint density at radius 1 is 1.16 bits per heavy atom. The summed E-state index contributed by atoms with van der Waals surface area (Å²) in [5.41, 5.74) is 2.64. The zero-order valence-corrected chi connectivity index (χ0v) is 13.6. The first kappa shape index (κ1) is 15.6. The van der Waals surface area contributed by atoms with E-state index in [9.17, 15) is 9.59 Å². The lowest BCUT2D eigenvalue weighted by Crippen LogP contribution is -2.19. The summed E-state index contributed by atoms with van der Waals surface area (Å²) in [7, 11) is 0. The molecule has 0 unspecified atom stereocenters. The van der Waals surface area contributed by atoms with Crippen LogP contribution in [0.25, 0.3) is 0 Å². The third kappa shape index (κ3) is 3.17. The van der Waals surface area contributed by atoms with Crippen LogP contribution in [0.4, 0.5) is 0 Å². The molecule has 0 amide bonds. The van der Waals surface area contributed by atoms with Gasteiger partial charge >= 0.3 is 0 Å². The normalized spacial score (nSPS) is 15.8. The number of nitrogens with one attached hydrogen (secondary N) is 1. The minimum absolute atomic E-state index is 0.131. The lowest BCUT2D eigenvalue weighted by Gasteiger charge is -2.19. The standard InChI is InChI=1S/C18H17N3O4/c22-15(13-2-3-18(23)21-20-13)10-14-12-9-17-16(24-6-1-7-25-17)8-11(12)4-5-19-14/h2-3,8-9H,1,4-7,10H2,(H,21,23). The number of carbonyl (C=O) groups is 1. The summed E-state index contributed by atoms with van der Waals surface area (Å²) in [4.78, 5) is 28.1. The molecule has 128 valence electrons. The topological polar surface area (TPSA) is 93.6 Å². The van der Waals surface area contributed by atoms with E-state index < -0.39 is 0 Å². The second-order valence-corrected chi connectivity index (χ2v) is 5.99. The number of nitrogens with zero attached hydrogens (tertiary/aromatic N) is 2. The Morgan fingerprint density at radius 2 is 1.96 bits per heavy atom. The maximum atomic E-state index is 12.5. The fraction of sp³-hybridized carbons (Fsp3) is 0.333. The first-order valence-corrected chi connectivity index (χ1v) is 8.26. The SMILES string of the molecule is O=C(CC1=NCCc2cc3c(cc21)OCCCO3)c1ccc(=O)[nH]n1. The van der Waals surface area contributed by atoms with E-state index in [0.717, 1.165) is 35.4 Å². The lowest BCUT2D eigenvalue weighted by atomic mass is 9.93. The molecule has 1 N–H and O–H groups in total. The second-order valence-electron chi connectivity index (χ2n) is 5.99. The van der Waals surface area contributed by atoms with Crippen LogP contribution in [0.1, 0.15) is 34.5 Å². The number of hydrogen-bond donors (Lipinski definition) is 1. The van der Waals surface area contributed by atoms with Crippen molar-refractivity contribution in [3.8, 4) is 11.5 Å². The van der Waals surface area contributed by atoms with E-state index >= 15 is 0 Å². The summed E-state index contributed by atoms with van der Waals surface area (Å²) >= 11 is 0. The van der Waals surface area contributed by atoms with Gasteiger partial charge in [-0.2, -0.15) is 5.10 Å². The number of carbonyl (C=O) groups excluding carboxylic acids is 1. The van der Waals surface area contributed by atoms with Gasteiger partial charge in [0.05, 0.1) is 25.3 Å². The Balaban J connectivity index is 1.63. The van der Waals surface area contributed by atoms with E-state index in [4.69, 9.17) is 9.47 Å². The van der Waals surface area contributed by atoms with E-state index in [1.54, 1.807) is 0 Å².